The molecule has 13 rings (SSSR count). The molecule has 0 saturated carbocycles. The van der Waals surface area contributed by atoms with E-state index in [9.17, 15) is 9.59 Å². The van der Waals surface area contributed by atoms with E-state index in [0.717, 1.165) is 97.5 Å². The van der Waals surface area contributed by atoms with Gasteiger partial charge in [-0.25, -0.2) is 9.97 Å². The highest BCUT2D eigenvalue weighted by molar-refractivity contribution is 6.40. The molecule has 0 amide bonds. The largest absolute Gasteiger partial charge is 0.268 e. The molecule has 4 aromatic heterocycles. The summed E-state index contributed by atoms with van der Waals surface area (Å²) in [5.74, 6) is 0. The van der Waals surface area contributed by atoms with Crippen molar-refractivity contribution in [2.75, 3.05) is 0 Å². The van der Waals surface area contributed by atoms with Crippen molar-refractivity contribution in [1.29, 1.82) is 0 Å². The first kappa shape index (κ1) is 26.9. The standard InChI is InChI=1S/C46H24N4O2/c1-21-3-5-23-17-35-37(19-25(23)15-21)49-43(47-35)31-11-7-27-28-8-12-32-42-34(14-10-30(40(28)42)29-9-13-33(45(49)51)41(31)39(27)29)46(52)50-38-20-26-16-22(2)4-6-24(26)18-36(38)48-44(32)50/h3-20H,1-2H3. The molecule has 4 heterocycles. The predicted octanol–water partition coefficient (Wildman–Crippen LogP) is 10.2. The van der Waals surface area contributed by atoms with Crippen molar-refractivity contribution in [3.63, 3.8) is 0 Å². The lowest BCUT2D eigenvalue weighted by molar-refractivity contribution is 1.19. The Bertz CT molecular complexity index is 3650. The van der Waals surface area contributed by atoms with Gasteiger partial charge in [0.15, 0.2) is 0 Å². The number of hydrogen-bond acceptors (Lipinski definition) is 4. The highest BCUT2D eigenvalue weighted by atomic mass is 16.1. The minimum absolute atomic E-state index is 0.0657. The molecule has 9 aromatic carbocycles. The van der Waals surface area contributed by atoms with Crippen molar-refractivity contribution in [3.8, 4) is 0 Å². The van der Waals surface area contributed by atoms with Crippen LogP contribution in [0.3, 0.4) is 0 Å². The number of imidazole rings is 2. The van der Waals surface area contributed by atoms with Gasteiger partial charge < -0.3 is 0 Å². The van der Waals surface area contributed by atoms with E-state index in [1.807, 2.05) is 12.1 Å². The molecular formula is C46H24N4O2. The molecule has 0 atom stereocenters. The Balaban J connectivity index is 1.18. The predicted molar refractivity (Wildman–Crippen MR) is 215 cm³/mol. The van der Waals surface area contributed by atoms with E-state index in [0.29, 0.717) is 22.1 Å². The number of hydrogen-bond donors (Lipinski definition) is 0. The van der Waals surface area contributed by atoms with Crippen molar-refractivity contribution in [3.05, 3.63) is 141 Å². The molecule has 52 heavy (non-hydrogen) atoms. The van der Waals surface area contributed by atoms with Gasteiger partial charge in [0.05, 0.1) is 22.1 Å². The van der Waals surface area contributed by atoms with E-state index in [-0.39, 0.29) is 11.1 Å². The molecule has 0 spiro atoms. The van der Waals surface area contributed by atoms with Crippen molar-refractivity contribution < 1.29 is 0 Å². The topological polar surface area (TPSA) is 68.7 Å². The van der Waals surface area contributed by atoms with Crippen LogP contribution >= 0.6 is 0 Å². The molecule has 6 heteroatoms. The molecule has 0 aliphatic carbocycles. The van der Waals surface area contributed by atoms with Crippen LogP contribution in [0.25, 0.3) is 120 Å². The van der Waals surface area contributed by atoms with Crippen LogP contribution in [-0.4, -0.2) is 18.8 Å². The van der Waals surface area contributed by atoms with Crippen LogP contribution in [0.2, 0.25) is 0 Å². The minimum atomic E-state index is -0.0657. The minimum Gasteiger partial charge on any atom is -0.268 e. The zero-order valence-electron chi connectivity index (χ0n) is 28.0. The van der Waals surface area contributed by atoms with Crippen LogP contribution in [-0.2, 0) is 0 Å². The van der Waals surface area contributed by atoms with E-state index >= 15 is 0 Å². The molecule has 0 fully saturated rings. The number of pyridine rings is 2. The lowest BCUT2D eigenvalue weighted by Gasteiger charge is -2.18. The summed E-state index contributed by atoms with van der Waals surface area (Å²) in [6.07, 6.45) is 0. The average molecular weight is 665 g/mol. The van der Waals surface area contributed by atoms with Crippen molar-refractivity contribution in [2.45, 2.75) is 13.8 Å². The fraction of sp³-hybridized carbons (Fsp3) is 0.0435. The lowest BCUT2D eigenvalue weighted by atomic mass is 9.86. The molecule has 0 radical (unpaired) electrons. The van der Waals surface area contributed by atoms with E-state index in [1.54, 1.807) is 8.80 Å². The van der Waals surface area contributed by atoms with E-state index in [1.165, 1.54) is 11.1 Å². The van der Waals surface area contributed by atoms with Gasteiger partial charge in [-0.2, -0.15) is 0 Å². The SMILES string of the molecule is Cc1ccc2cc3nc4c5ccc6c7ccc8c9c(ccc(c%10ccc(c(=O)n4c3cc2c1)c5c%106)c79)c(=O)n1c2cc3cc(C)ccc3cc2nc81. The van der Waals surface area contributed by atoms with Crippen LogP contribution < -0.4 is 11.1 Å². The highest BCUT2D eigenvalue weighted by Crippen LogP contribution is 2.46. The van der Waals surface area contributed by atoms with E-state index in [4.69, 9.17) is 9.97 Å². The number of aryl methyl sites for hydroxylation is 2. The van der Waals surface area contributed by atoms with E-state index < -0.39 is 0 Å². The number of rotatable bonds is 0. The molecule has 0 aliphatic heterocycles. The zero-order chi connectivity index (χ0) is 34.3. The summed E-state index contributed by atoms with van der Waals surface area (Å²) < 4.78 is 3.58. The summed E-state index contributed by atoms with van der Waals surface area (Å²) in [4.78, 5) is 39.1. The monoisotopic (exact) mass is 664 g/mol. The quantitative estimate of drug-likeness (QED) is 0.120. The van der Waals surface area contributed by atoms with Gasteiger partial charge in [0.25, 0.3) is 11.1 Å². The van der Waals surface area contributed by atoms with Gasteiger partial charge in [-0.15, -0.1) is 0 Å². The number of fused-ring (bicyclic) bond motifs is 12. The lowest BCUT2D eigenvalue weighted by Crippen LogP contribution is -2.14. The fourth-order valence-electron chi connectivity index (χ4n) is 9.51. The Morgan fingerprint density at radius 2 is 0.750 bits per heavy atom. The molecule has 0 bridgehead atoms. The van der Waals surface area contributed by atoms with Crippen LogP contribution in [0.15, 0.2) is 119 Å². The summed E-state index contributed by atoms with van der Waals surface area (Å²) in [7, 11) is 0. The highest BCUT2D eigenvalue weighted by Gasteiger charge is 2.24. The fourth-order valence-corrected chi connectivity index (χ4v) is 9.51. The van der Waals surface area contributed by atoms with Crippen molar-refractivity contribution in [1.82, 2.24) is 18.8 Å². The van der Waals surface area contributed by atoms with Crippen LogP contribution in [0, 0.1) is 13.8 Å². The normalized spacial score (nSPS) is 13.0. The van der Waals surface area contributed by atoms with Crippen molar-refractivity contribution in [2.24, 2.45) is 0 Å². The molecule has 240 valence electrons. The first-order chi connectivity index (χ1) is 25.4. The first-order valence-electron chi connectivity index (χ1n) is 17.6. The first-order valence-corrected chi connectivity index (χ1v) is 17.6. The Morgan fingerprint density at radius 3 is 1.17 bits per heavy atom. The number of aromatic nitrogens is 4. The van der Waals surface area contributed by atoms with Crippen molar-refractivity contribution >= 4 is 120 Å². The second-order valence-corrected chi connectivity index (χ2v) is 14.7. The third kappa shape index (κ3) is 3.01. The third-order valence-electron chi connectivity index (χ3n) is 11.8. The maximum atomic E-state index is 14.5. The molecule has 0 unspecified atom stereocenters. The second-order valence-electron chi connectivity index (χ2n) is 14.7. The molecule has 0 saturated heterocycles. The van der Waals surface area contributed by atoms with E-state index in [2.05, 4.69) is 111 Å². The maximum Gasteiger partial charge on any atom is 0.264 e. The number of benzene rings is 9. The molecule has 6 nitrogen and oxygen atoms in total. The molecule has 0 N–H and O–H groups in total. The number of nitrogens with zero attached hydrogens (tertiary/aromatic N) is 4. The summed E-state index contributed by atoms with van der Waals surface area (Å²) in [6, 6.07) is 37.8. The zero-order valence-corrected chi connectivity index (χ0v) is 28.0. The Labute approximate surface area is 292 Å². The van der Waals surface area contributed by atoms with Gasteiger partial charge in [0.2, 0.25) is 0 Å². The van der Waals surface area contributed by atoms with Gasteiger partial charge in [0, 0.05) is 32.3 Å². The van der Waals surface area contributed by atoms with Gasteiger partial charge in [-0.3, -0.25) is 18.4 Å². The van der Waals surface area contributed by atoms with Crippen LogP contribution in [0.1, 0.15) is 11.1 Å². The Morgan fingerprint density at radius 1 is 0.385 bits per heavy atom. The van der Waals surface area contributed by atoms with Crippen LogP contribution in [0.4, 0.5) is 0 Å². The van der Waals surface area contributed by atoms with Gasteiger partial charge >= 0.3 is 0 Å². The van der Waals surface area contributed by atoms with Gasteiger partial charge in [0.1, 0.15) is 11.3 Å². The maximum absolute atomic E-state index is 14.5. The summed E-state index contributed by atoms with van der Waals surface area (Å²) in [5.41, 5.74) is 6.82. The summed E-state index contributed by atoms with van der Waals surface area (Å²) >= 11 is 0. The smallest absolute Gasteiger partial charge is 0.264 e. The van der Waals surface area contributed by atoms with Gasteiger partial charge in [-0.1, -0.05) is 71.8 Å². The summed E-state index contributed by atoms with van der Waals surface area (Å²) in [6.45, 7) is 4.17. The molecule has 0 aliphatic rings. The Hall–Kier alpha value is -6.92. The molecule has 13 aromatic rings. The summed E-state index contributed by atoms with van der Waals surface area (Å²) in [5, 5.41) is 15.8. The molecular weight excluding hydrogens is 641 g/mol. The van der Waals surface area contributed by atoms with Crippen LogP contribution in [0.5, 0.6) is 0 Å². The third-order valence-corrected chi connectivity index (χ3v) is 11.8. The Kier molecular flexibility index (Phi) is 4.49. The second kappa shape index (κ2) is 8.68. The average Bonchev–Trinajstić information content (AvgIpc) is 3.72. The van der Waals surface area contributed by atoms with Gasteiger partial charge in [-0.05, 0) is 116 Å².